The highest BCUT2D eigenvalue weighted by Gasteiger charge is 2.33. The average molecular weight is 898 g/mol. The van der Waals surface area contributed by atoms with E-state index >= 15 is 0 Å². The monoisotopic (exact) mass is 897 g/mol. The molecule has 10 rings (SSSR count). The minimum Gasteiger partial charge on any atom is -0.507 e. The summed E-state index contributed by atoms with van der Waals surface area (Å²) in [5.41, 5.74) is 13.5. The number of halogens is 3. The van der Waals surface area contributed by atoms with Crippen LogP contribution in [0.15, 0.2) is 188 Å². The number of hydrogen-bond donors (Lipinski definition) is 1. The van der Waals surface area contributed by atoms with Crippen LogP contribution in [-0.4, -0.2) is 19.6 Å². The summed E-state index contributed by atoms with van der Waals surface area (Å²) in [4.78, 5) is 10.1. The van der Waals surface area contributed by atoms with Crippen LogP contribution < -0.4 is 0 Å². The van der Waals surface area contributed by atoms with Gasteiger partial charge in [0.25, 0.3) is 0 Å². The van der Waals surface area contributed by atoms with Crippen LogP contribution in [-0.2, 0) is 17.0 Å². The second-order valence-corrected chi connectivity index (χ2v) is 19.6. The van der Waals surface area contributed by atoms with E-state index in [1.54, 1.807) is 18.2 Å². The van der Waals surface area contributed by atoms with Crippen molar-refractivity contribution in [2.45, 2.75) is 58.5 Å². The van der Waals surface area contributed by atoms with Crippen LogP contribution in [0.4, 0.5) is 13.2 Å². The lowest BCUT2D eigenvalue weighted by atomic mass is 9.79. The molecule has 10 aromatic rings. The fourth-order valence-electron chi connectivity index (χ4n) is 9.24. The Labute approximate surface area is 395 Å². The zero-order valence-corrected chi connectivity index (χ0v) is 38.8. The van der Waals surface area contributed by atoms with Crippen molar-refractivity contribution in [1.82, 2.24) is 14.5 Å². The van der Waals surface area contributed by atoms with E-state index in [2.05, 4.69) is 119 Å². The van der Waals surface area contributed by atoms with Crippen molar-refractivity contribution in [2.24, 2.45) is 0 Å². The van der Waals surface area contributed by atoms with E-state index in [1.165, 1.54) is 23.3 Å². The Kier molecular flexibility index (Phi) is 10.9. The summed E-state index contributed by atoms with van der Waals surface area (Å²) < 4.78 is 45.0. The highest BCUT2D eigenvalue weighted by Crippen LogP contribution is 2.43. The maximum atomic E-state index is 14.3. The molecule has 0 aliphatic heterocycles. The van der Waals surface area contributed by atoms with E-state index in [4.69, 9.17) is 9.97 Å². The van der Waals surface area contributed by atoms with Gasteiger partial charge in [-0.05, 0) is 117 Å². The first-order valence-corrected chi connectivity index (χ1v) is 22.8. The molecule has 4 nitrogen and oxygen atoms in total. The molecule has 0 aliphatic rings. The number of nitrogens with zero attached hydrogens (tertiary/aromatic N) is 3. The van der Waals surface area contributed by atoms with E-state index in [9.17, 15) is 18.3 Å². The van der Waals surface area contributed by atoms with Crippen molar-refractivity contribution in [3.05, 3.63) is 205 Å². The lowest BCUT2D eigenvalue weighted by molar-refractivity contribution is -0.137. The molecule has 0 fully saturated rings. The van der Waals surface area contributed by atoms with Crippen LogP contribution in [0.5, 0.6) is 5.75 Å². The molecule has 7 heteroatoms. The molecule has 0 aliphatic carbocycles. The van der Waals surface area contributed by atoms with Crippen molar-refractivity contribution in [3.63, 3.8) is 0 Å². The molecule has 0 saturated carbocycles. The Morgan fingerprint density at radius 3 is 1.74 bits per heavy atom. The van der Waals surface area contributed by atoms with Gasteiger partial charge in [-0.3, -0.25) is 4.98 Å². The van der Waals surface area contributed by atoms with Gasteiger partial charge in [-0.1, -0.05) is 157 Å². The molecule has 7 aromatic carbocycles. The van der Waals surface area contributed by atoms with Crippen LogP contribution in [0, 0.1) is 0 Å². The van der Waals surface area contributed by atoms with Crippen LogP contribution in [0.3, 0.4) is 0 Å². The third-order valence-corrected chi connectivity index (χ3v) is 12.9. The van der Waals surface area contributed by atoms with E-state index in [-0.39, 0.29) is 22.1 Å². The summed E-state index contributed by atoms with van der Waals surface area (Å²) in [6, 6.07) is 58.2. The Balaban J connectivity index is 1.10. The molecular weight excluding hydrogens is 848 g/mol. The number of aromatic hydroxyl groups is 1. The molecule has 0 radical (unpaired) electrons. The molecule has 3 aromatic heterocycles. The van der Waals surface area contributed by atoms with Crippen molar-refractivity contribution >= 4 is 21.8 Å². The number of para-hydroxylation sites is 3. The van der Waals surface area contributed by atoms with Crippen LogP contribution in [0.2, 0.25) is 0 Å². The van der Waals surface area contributed by atoms with Crippen LogP contribution in [0.1, 0.15) is 58.2 Å². The molecule has 0 bridgehead atoms. The number of fused-ring (bicyclic) bond motifs is 3. The van der Waals surface area contributed by atoms with Gasteiger partial charge in [0.1, 0.15) is 5.75 Å². The first kappa shape index (κ1) is 44.1. The highest BCUT2D eigenvalue weighted by atomic mass is 19.4. The zero-order chi connectivity index (χ0) is 47.5. The molecular formula is C61H50F3N3O. The van der Waals surface area contributed by atoms with Gasteiger partial charge in [0, 0.05) is 44.9 Å². The van der Waals surface area contributed by atoms with Crippen LogP contribution in [0.25, 0.3) is 94.6 Å². The molecule has 68 heavy (non-hydrogen) atoms. The Bertz CT molecular complexity index is 3520. The van der Waals surface area contributed by atoms with Gasteiger partial charge in [0.15, 0.2) is 0 Å². The molecule has 0 spiro atoms. The lowest BCUT2D eigenvalue weighted by Crippen LogP contribution is -2.16. The highest BCUT2D eigenvalue weighted by molar-refractivity contribution is 6.14. The van der Waals surface area contributed by atoms with Crippen LogP contribution >= 0.6 is 0 Å². The summed E-state index contributed by atoms with van der Waals surface area (Å²) in [5, 5.41) is 13.2. The second-order valence-electron chi connectivity index (χ2n) is 19.6. The van der Waals surface area contributed by atoms with Gasteiger partial charge in [-0.15, -0.1) is 0 Å². The first-order valence-electron chi connectivity index (χ1n) is 22.8. The van der Waals surface area contributed by atoms with E-state index in [1.807, 2.05) is 79.0 Å². The summed E-state index contributed by atoms with van der Waals surface area (Å²) in [6.45, 7) is 13.4. The van der Waals surface area contributed by atoms with Crippen molar-refractivity contribution in [3.8, 4) is 78.6 Å². The normalized spacial score (nSPS) is 12.2. The largest absolute Gasteiger partial charge is 0.507 e. The predicted molar refractivity (Wildman–Crippen MR) is 273 cm³/mol. The molecule has 0 saturated heterocycles. The Morgan fingerprint density at radius 2 is 1.00 bits per heavy atom. The fourth-order valence-corrected chi connectivity index (χ4v) is 9.24. The maximum Gasteiger partial charge on any atom is 0.417 e. The second kappa shape index (κ2) is 16.8. The summed E-state index contributed by atoms with van der Waals surface area (Å²) >= 11 is 0. The number of rotatable bonds is 7. The summed E-state index contributed by atoms with van der Waals surface area (Å²) in [7, 11) is 0. The van der Waals surface area contributed by atoms with Gasteiger partial charge in [0.2, 0.25) is 0 Å². The number of aromatic nitrogens is 3. The molecule has 0 amide bonds. The summed E-state index contributed by atoms with van der Waals surface area (Å²) in [6.07, 6.45) is -2.68. The number of benzene rings is 7. The minimum absolute atomic E-state index is 0.0814. The van der Waals surface area contributed by atoms with Gasteiger partial charge >= 0.3 is 6.18 Å². The van der Waals surface area contributed by atoms with E-state index in [0.29, 0.717) is 16.8 Å². The molecule has 0 atom stereocenters. The van der Waals surface area contributed by atoms with Crippen molar-refractivity contribution in [2.75, 3.05) is 0 Å². The number of phenolic OH excluding ortho intramolecular Hbond substituents is 1. The average Bonchev–Trinajstić information content (AvgIpc) is 3.68. The smallest absolute Gasteiger partial charge is 0.417 e. The first-order chi connectivity index (χ1) is 32.5. The zero-order valence-electron chi connectivity index (χ0n) is 38.8. The number of phenols is 1. The number of pyridine rings is 2. The lowest BCUT2D eigenvalue weighted by Gasteiger charge is -2.26. The third kappa shape index (κ3) is 8.34. The number of alkyl halides is 3. The van der Waals surface area contributed by atoms with E-state index in [0.717, 1.165) is 78.3 Å². The number of hydrogen-bond acceptors (Lipinski definition) is 3. The van der Waals surface area contributed by atoms with Gasteiger partial charge in [0.05, 0.1) is 33.7 Å². The van der Waals surface area contributed by atoms with Gasteiger partial charge in [-0.25, -0.2) is 4.98 Å². The fraction of sp³-hybridized carbons (Fsp3) is 0.148. The Hall–Kier alpha value is -7.77. The quantitative estimate of drug-likeness (QED) is 0.173. The van der Waals surface area contributed by atoms with Crippen molar-refractivity contribution < 1.29 is 18.3 Å². The Morgan fingerprint density at radius 1 is 0.441 bits per heavy atom. The standard InChI is InChI=1S/C61H50F3N3O/c1-59(2,3)44-31-42(32-45(37-44)60(4,5)6)43-35-54(66-55(36-43)51-22-9-12-27-57(51)68)41-18-13-17-40(30-41)53-34-39(28-29-65-53)48-23-15-24-50-49-21-8-11-26-56(49)67(58(48)50)46-19-14-16-38(33-46)47-20-7-10-25-52(47)61(62,63)64/h7-37,68H,1-6H3. The molecule has 1 N–H and O–H groups in total. The molecule has 336 valence electrons. The molecule has 3 heterocycles. The van der Waals surface area contributed by atoms with E-state index < -0.39 is 11.7 Å². The maximum absolute atomic E-state index is 14.3. The van der Waals surface area contributed by atoms with Gasteiger partial charge in [-0.2, -0.15) is 13.2 Å². The topological polar surface area (TPSA) is 50.9 Å². The van der Waals surface area contributed by atoms with Gasteiger partial charge < -0.3 is 9.67 Å². The molecule has 0 unspecified atom stereocenters. The third-order valence-electron chi connectivity index (χ3n) is 12.9. The predicted octanol–water partition coefficient (Wildman–Crippen LogP) is 16.9. The minimum atomic E-state index is -4.50. The SMILES string of the molecule is CC(C)(C)c1cc(-c2cc(-c3cccc(-c4cc(-c5cccc6c7ccccc7n(-c7cccc(-c8ccccc8C(F)(F)F)c7)c56)ccn4)c3)nc(-c3ccccc3O)c2)cc(C(C)(C)C)c1. The summed E-state index contributed by atoms with van der Waals surface area (Å²) in [5.74, 6) is 0.158. The van der Waals surface area contributed by atoms with Crippen molar-refractivity contribution in [1.29, 1.82) is 0 Å².